The Morgan fingerprint density at radius 3 is 3.18 bits per heavy atom. The maximum absolute atomic E-state index is 9.34. The van der Waals surface area contributed by atoms with E-state index in [0.29, 0.717) is 18.8 Å². The summed E-state index contributed by atoms with van der Waals surface area (Å²) in [6.07, 6.45) is 4.59. The van der Waals surface area contributed by atoms with E-state index < -0.39 is 6.10 Å². The first-order valence-electron chi connectivity index (χ1n) is 6.20. The van der Waals surface area contributed by atoms with Crippen LogP contribution in [-0.2, 0) is 16.0 Å². The largest absolute Gasteiger partial charge is 0.387 e. The van der Waals surface area contributed by atoms with Gasteiger partial charge in [0.25, 0.3) is 0 Å². The predicted molar refractivity (Wildman–Crippen MR) is 62.4 cm³/mol. The van der Waals surface area contributed by atoms with Gasteiger partial charge in [-0.1, -0.05) is 0 Å². The third-order valence-corrected chi connectivity index (χ3v) is 2.85. The van der Waals surface area contributed by atoms with Gasteiger partial charge in [-0.25, -0.2) is 0 Å². The molecule has 0 radical (unpaired) electrons. The maximum atomic E-state index is 9.34. The van der Waals surface area contributed by atoms with Gasteiger partial charge in [0.2, 0.25) is 0 Å². The first kappa shape index (κ1) is 12.5. The minimum atomic E-state index is -0.515. The molecule has 1 aliphatic heterocycles. The Morgan fingerprint density at radius 1 is 1.65 bits per heavy atom. The number of hydrogen-bond donors (Lipinski definition) is 1. The van der Waals surface area contributed by atoms with E-state index in [1.165, 1.54) is 6.42 Å². The van der Waals surface area contributed by atoms with Crippen LogP contribution in [0.15, 0.2) is 12.3 Å². The molecular weight excluding hydrogens is 220 g/mol. The van der Waals surface area contributed by atoms with E-state index in [-0.39, 0.29) is 6.29 Å². The SMILES string of the molecule is CC(O)c1ccn(CCOC2CCCCO2)n1. The van der Waals surface area contributed by atoms with Crippen molar-refractivity contribution >= 4 is 0 Å². The molecule has 2 heterocycles. The molecular formula is C12H20N2O3. The molecule has 2 rings (SSSR count). The molecule has 5 heteroatoms. The van der Waals surface area contributed by atoms with E-state index in [0.717, 1.165) is 19.4 Å². The fourth-order valence-electron chi connectivity index (χ4n) is 1.85. The zero-order valence-electron chi connectivity index (χ0n) is 10.2. The van der Waals surface area contributed by atoms with E-state index in [9.17, 15) is 5.11 Å². The van der Waals surface area contributed by atoms with Gasteiger partial charge in [0.15, 0.2) is 6.29 Å². The summed E-state index contributed by atoms with van der Waals surface area (Å²) >= 11 is 0. The molecule has 0 spiro atoms. The number of nitrogens with zero attached hydrogens (tertiary/aromatic N) is 2. The van der Waals surface area contributed by atoms with Crippen molar-refractivity contribution in [2.75, 3.05) is 13.2 Å². The molecule has 0 aliphatic carbocycles. The van der Waals surface area contributed by atoms with Crippen molar-refractivity contribution in [1.29, 1.82) is 0 Å². The Morgan fingerprint density at radius 2 is 2.53 bits per heavy atom. The van der Waals surface area contributed by atoms with Crippen LogP contribution in [0, 0.1) is 0 Å². The fraction of sp³-hybridized carbons (Fsp3) is 0.750. The minimum Gasteiger partial charge on any atom is -0.387 e. The van der Waals surface area contributed by atoms with Crippen LogP contribution in [-0.4, -0.2) is 34.4 Å². The lowest BCUT2D eigenvalue weighted by Crippen LogP contribution is -2.24. The fourth-order valence-corrected chi connectivity index (χ4v) is 1.85. The van der Waals surface area contributed by atoms with Gasteiger partial charge in [0, 0.05) is 12.8 Å². The molecule has 96 valence electrons. The summed E-state index contributed by atoms with van der Waals surface area (Å²) in [5, 5.41) is 13.6. The molecule has 0 bridgehead atoms. The Kier molecular flexibility index (Phi) is 4.53. The van der Waals surface area contributed by atoms with Gasteiger partial charge in [-0.05, 0) is 32.3 Å². The Hall–Kier alpha value is -0.910. The van der Waals surface area contributed by atoms with E-state index in [1.807, 2.05) is 12.3 Å². The second-order valence-corrected chi connectivity index (χ2v) is 4.35. The van der Waals surface area contributed by atoms with Crippen molar-refractivity contribution < 1.29 is 14.6 Å². The molecule has 1 fully saturated rings. The normalized spacial score (nSPS) is 22.6. The Balaban J connectivity index is 1.70. The van der Waals surface area contributed by atoms with Gasteiger partial charge < -0.3 is 14.6 Å². The molecule has 0 aromatic carbocycles. The Bertz CT molecular complexity index is 332. The summed E-state index contributed by atoms with van der Waals surface area (Å²) in [5.41, 5.74) is 0.693. The average Bonchev–Trinajstić information content (AvgIpc) is 2.79. The van der Waals surface area contributed by atoms with Crippen molar-refractivity contribution in [2.24, 2.45) is 0 Å². The van der Waals surface area contributed by atoms with Crippen molar-refractivity contribution in [1.82, 2.24) is 9.78 Å². The average molecular weight is 240 g/mol. The van der Waals surface area contributed by atoms with Gasteiger partial charge in [-0.3, -0.25) is 4.68 Å². The van der Waals surface area contributed by atoms with Crippen molar-refractivity contribution in [3.63, 3.8) is 0 Å². The summed E-state index contributed by atoms with van der Waals surface area (Å²) in [7, 11) is 0. The van der Waals surface area contributed by atoms with Crippen LogP contribution in [0.3, 0.4) is 0 Å². The number of aliphatic hydroxyl groups is 1. The van der Waals surface area contributed by atoms with Crippen LogP contribution >= 0.6 is 0 Å². The van der Waals surface area contributed by atoms with Gasteiger partial charge in [-0.15, -0.1) is 0 Å². The molecule has 2 atom stereocenters. The summed E-state index contributed by atoms with van der Waals surface area (Å²) in [5.74, 6) is 0. The van der Waals surface area contributed by atoms with Gasteiger partial charge >= 0.3 is 0 Å². The van der Waals surface area contributed by atoms with Crippen LogP contribution in [0.5, 0.6) is 0 Å². The van der Waals surface area contributed by atoms with E-state index in [1.54, 1.807) is 11.6 Å². The summed E-state index contributed by atoms with van der Waals surface area (Å²) in [4.78, 5) is 0. The number of rotatable bonds is 5. The second-order valence-electron chi connectivity index (χ2n) is 4.35. The maximum Gasteiger partial charge on any atom is 0.157 e. The highest BCUT2D eigenvalue weighted by Crippen LogP contribution is 2.13. The van der Waals surface area contributed by atoms with Gasteiger partial charge in [0.1, 0.15) is 0 Å². The van der Waals surface area contributed by atoms with Crippen LogP contribution in [0.4, 0.5) is 0 Å². The van der Waals surface area contributed by atoms with Crippen molar-refractivity contribution in [3.05, 3.63) is 18.0 Å². The zero-order chi connectivity index (χ0) is 12.1. The molecule has 5 nitrogen and oxygen atoms in total. The highest BCUT2D eigenvalue weighted by molar-refractivity contribution is 5.01. The smallest absolute Gasteiger partial charge is 0.157 e. The first-order chi connectivity index (χ1) is 8.25. The van der Waals surface area contributed by atoms with Crippen LogP contribution in [0.2, 0.25) is 0 Å². The zero-order valence-corrected chi connectivity index (χ0v) is 10.2. The topological polar surface area (TPSA) is 56.5 Å². The number of aliphatic hydroxyl groups excluding tert-OH is 1. The highest BCUT2D eigenvalue weighted by atomic mass is 16.7. The number of ether oxygens (including phenoxy) is 2. The molecule has 1 N–H and O–H groups in total. The number of hydrogen-bond acceptors (Lipinski definition) is 4. The van der Waals surface area contributed by atoms with Crippen LogP contribution < -0.4 is 0 Å². The van der Waals surface area contributed by atoms with E-state index in [4.69, 9.17) is 9.47 Å². The van der Waals surface area contributed by atoms with Crippen LogP contribution in [0.1, 0.15) is 38.0 Å². The summed E-state index contributed by atoms with van der Waals surface area (Å²) in [6, 6.07) is 1.82. The minimum absolute atomic E-state index is 0.0458. The third kappa shape index (κ3) is 3.80. The van der Waals surface area contributed by atoms with Gasteiger partial charge in [-0.2, -0.15) is 5.10 Å². The second kappa shape index (κ2) is 6.14. The third-order valence-electron chi connectivity index (χ3n) is 2.85. The standard InChI is InChI=1S/C12H20N2O3/c1-10(15)11-5-6-14(13-11)7-9-17-12-4-2-3-8-16-12/h5-6,10,12,15H,2-4,7-9H2,1H3. The molecule has 0 amide bonds. The summed E-state index contributed by atoms with van der Waals surface area (Å²) < 4.78 is 12.9. The molecule has 17 heavy (non-hydrogen) atoms. The molecule has 1 aromatic rings. The van der Waals surface area contributed by atoms with Crippen molar-refractivity contribution in [3.8, 4) is 0 Å². The van der Waals surface area contributed by atoms with E-state index in [2.05, 4.69) is 5.10 Å². The van der Waals surface area contributed by atoms with Crippen LogP contribution in [0.25, 0.3) is 0 Å². The van der Waals surface area contributed by atoms with Gasteiger partial charge in [0.05, 0.1) is 24.9 Å². The van der Waals surface area contributed by atoms with E-state index >= 15 is 0 Å². The van der Waals surface area contributed by atoms with Crippen molar-refractivity contribution in [2.45, 2.75) is 45.1 Å². The Labute approximate surface area is 101 Å². The lowest BCUT2D eigenvalue weighted by molar-refractivity contribution is -0.163. The number of aromatic nitrogens is 2. The quantitative estimate of drug-likeness (QED) is 0.847. The summed E-state index contributed by atoms with van der Waals surface area (Å²) in [6.45, 7) is 3.79. The highest BCUT2D eigenvalue weighted by Gasteiger charge is 2.13. The predicted octanol–water partition coefficient (Wildman–Crippen LogP) is 1.48. The molecule has 1 aliphatic rings. The first-order valence-corrected chi connectivity index (χ1v) is 6.20. The lowest BCUT2D eigenvalue weighted by atomic mass is 10.2. The molecule has 1 aromatic heterocycles. The molecule has 1 saturated heterocycles. The molecule has 2 unspecified atom stereocenters. The molecule has 0 saturated carbocycles. The lowest BCUT2D eigenvalue weighted by Gasteiger charge is -2.22. The monoisotopic (exact) mass is 240 g/mol.